The van der Waals surface area contributed by atoms with Gasteiger partial charge in [-0.1, -0.05) is 0 Å². The van der Waals surface area contributed by atoms with E-state index in [0.717, 1.165) is 0 Å². The molecule has 112 valence electrons. The molecule has 0 atom stereocenters. The highest BCUT2D eigenvalue weighted by Crippen LogP contribution is 2.24. The van der Waals surface area contributed by atoms with E-state index in [1.807, 2.05) is 6.07 Å². The minimum Gasteiger partial charge on any atom is -0.497 e. The van der Waals surface area contributed by atoms with Crippen LogP contribution in [0.15, 0.2) is 23.8 Å². The van der Waals surface area contributed by atoms with Gasteiger partial charge in [0.2, 0.25) is 0 Å². The summed E-state index contributed by atoms with van der Waals surface area (Å²) in [6.45, 7) is 5.23. The molecule has 0 spiro atoms. The van der Waals surface area contributed by atoms with Gasteiger partial charge in [0.25, 0.3) is 0 Å². The summed E-state index contributed by atoms with van der Waals surface area (Å²) in [6, 6.07) is 6.96. The second-order valence-electron chi connectivity index (χ2n) is 5.32. The quantitative estimate of drug-likeness (QED) is 0.484. The van der Waals surface area contributed by atoms with Crippen molar-refractivity contribution in [3.63, 3.8) is 0 Å². The lowest BCUT2D eigenvalue weighted by Crippen LogP contribution is -2.24. The Balaban J connectivity index is 3.14. The maximum absolute atomic E-state index is 11.9. The molecule has 5 nitrogen and oxygen atoms in total. The van der Waals surface area contributed by atoms with Crippen LogP contribution < -0.4 is 9.47 Å². The highest BCUT2D eigenvalue weighted by molar-refractivity contribution is 5.98. The van der Waals surface area contributed by atoms with Gasteiger partial charge in [-0.2, -0.15) is 5.26 Å². The van der Waals surface area contributed by atoms with Gasteiger partial charge in [-0.05, 0) is 44.5 Å². The number of rotatable bonds is 4. The van der Waals surface area contributed by atoms with Gasteiger partial charge in [0.05, 0.1) is 14.2 Å². The lowest BCUT2D eigenvalue weighted by molar-refractivity contribution is -0.149. The molecule has 0 heterocycles. The van der Waals surface area contributed by atoms with Crippen LogP contribution in [0, 0.1) is 11.3 Å². The van der Waals surface area contributed by atoms with Crippen molar-refractivity contribution in [1.82, 2.24) is 0 Å². The zero-order valence-corrected chi connectivity index (χ0v) is 12.9. The van der Waals surface area contributed by atoms with Gasteiger partial charge >= 0.3 is 5.97 Å². The van der Waals surface area contributed by atoms with Gasteiger partial charge in [-0.25, -0.2) is 4.79 Å². The zero-order valence-electron chi connectivity index (χ0n) is 12.9. The largest absolute Gasteiger partial charge is 0.497 e. The molecule has 1 aromatic rings. The van der Waals surface area contributed by atoms with E-state index in [9.17, 15) is 4.79 Å². The first-order chi connectivity index (χ1) is 9.78. The lowest BCUT2D eigenvalue weighted by atomic mass is 10.1. The smallest absolute Gasteiger partial charge is 0.349 e. The van der Waals surface area contributed by atoms with Gasteiger partial charge in [0.15, 0.2) is 0 Å². The van der Waals surface area contributed by atoms with Crippen molar-refractivity contribution in [3.05, 3.63) is 29.3 Å². The normalized spacial score (nSPS) is 11.5. The lowest BCUT2D eigenvalue weighted by Gasteiger charge is -2.19. The number of hydrogen-bond donors (Lipinski definition) is 0. The Morgan fingerprint density at radius 1 is 1.14 bits per heavy atom. The average Bonchev–Trinajstić information content (AvgIpc) is 2.42. The van der Waals surface area contributed by atoms with Crippen LogP contribution >= 0.6 is 0 Å². The second-order valence-corrected chi connectivity index (χ2v) is 5.32. The second kappa shape index (κ2) is 6.80. The van der Waals surface area contributed by atoms with E-state index >= 15 is 0 Å². The van der Waals surface area contributed by atoms with Crippen molar-refractivity contribution >= 4 is 12.0 Å². The number of nitrogens with zero attached hydrogens (tertiary/aromatic N) is 1. The Kier molecular flexibility index (Phi) is 5.37. The van der Waals surface area contributed by atoms with Crippen LogP contribution in [0.3, 0.4) is 0 Å². The van der Waals surface area contributed by atoms with Crippen LogP contribution in [0.25, 0.3) is 6.08 Å². The third-order valence-corrected chi connectivity index (χ3v) is 2.42. The summed E-state index contributed by atoms with van der Waals surface area (Å²) in [4.78, 5) is 11.9. The number of hydrogen-bond acceptors (Lipinski definition) is 5. The first-order valence-corrected chi connectivity index (χ1v) is 6.37. The van der Waals surface area contributed by atoms with Crippen molar-refractivity contribution < 1.29 is 19.0 Å². The monoisotopic (exact) mass is 289 g/mol. The SMILES string of the molecule is COc1cc(C=C(C#N)C(=O)OC(C)(C)C)cc(OC)c1. The van der Waals surface area contributed by atoms with Crippen LogP contribution in [0.4, 0.5) is 0 Å². The van der Waals surface area contributed by atoms with Crippen LogP contribution in [-0.4, -0.2) is 25.8 Å². The molecule has 0 N–H and O–H groups in total. The standard InChI is InChI=1S/C16H19NO4/c1-16(2,3)21-15(18)12(10-17)6-11-7-13(19-4)9-14(8-11)20-5/h6-9H,1-5H3. The molecular weight excluding hydrogens is 270 g/mol. The van der Waals surface area contributed by atoms with Gasteiger partial charge in [-0.15, -0.1) is 0 Å². The maximum atomic E-state index is 11.9. The highest BCUT2D eigenvalue weighted by Gasteiger charge is 2.19. The number of methoxy groups -OCH3 is 2. The molecule has 5 heteroatoms. The molecule has 0 aliphatic heterocycles. The molecule has 0 amide bonds. The van der Waals surface area contributed by atoms with Gasteiger partial charge in [-0.3, -0.25) is 0 Å². The van der Waals surface area contributed by atoms with E-state index in [4.69, 9.17) is 19.5 Å². The number of carbonyl (C=O) groups excluding carboxylic acids is 1. The minimum atomic E-state index is -0.660. The van der Waals surface area contributed by atoms with Gasteiger partial charge < -0.3 is 14.2 Å². The van der Waals surface area contributed by atoms with E-state index in [1.54, 1.807) is 39.0 Å². The van der Waals surface area contributed by atoms with Crippen molar-refractivity contribution in [1.29, 1.82) is 5.26 Å². The fraction of sp³-hybridized carbons (Fsp3) is 0.375. The van der Waals surface area contributed by atoms with E-state index in [0.29, 0.717) is 17.1 Å². The molecule has 0 unspecified atom stereocenters. The van der Waals surface area contributed by atoms with Crippen molar-refractivity contribution in [2.24, 2.45) is 0 Å². The number of benzene rings is 1. The molecule has 0 saturated carbocycles. The third kappa shape index (κ3) is 5.19. The Morgan fingerprint density at radius 3 is 2.05 bits per heavy atom. The van der Waals surface area contributed by atoms with Crippen LogP contribution in [0.5, 0.6) is 11.5 Å². The van der Waals surface area contributed by atoms with Crippen LogP contribution in [0.1, 0.15) is 26.3 Å². The van der Waals surface area contributed by atoms with Crippen LogP contribution in [0.2, 0.25) is 0 Å². The molecule has 0 aliphatic carbocycles. The fourth-order valence-corrected chi connectivity index (χ4v) is 1.55. The Bertz CT molecular complexity index is 569. The summed E-state index contributed by atoms with van der Waals surface area (Å²) in [5.74, 6) is 0.482. The molecule has 0 aliphatic rings. The van der Waals surface area contributed by atoms with E-state index in [-0.39, 0.29) is 5.57 Å². The molecule has 21 heavy (non-hydrogen) atoms. The third-order valence-electron chi connectivity index (χ3n) is 2.42. The first-order valence-electron chi connectivity index (χ1n) is 6.37. The Hall–Kier alpha value is -2.48. The summed E-state index contributed by atoms with van der Waals surface area (Å²) in [5, 5.41) is 9.13. The fourth-order valence-electron chi connectivity index (χ4n) is 1.55. The van der Waals surface area contributed by atoms with Crippen molar-refractivity contribution in [2.45, 2.75) is 26.4 Å². The Labute approximate surface area is 124 Å². The van der Waals surface area contributed by atoms with E-state index in [2.05, 4.69) is 0 Å². The summed E-state index contributed by atoms with van der Waals surface area (Å²) < 4.78 is 15.5. The zero-order chi connectivity index (χ0) is 16.0. The first kappa shape index (κ1) is 16.6. The van der Waals surface area contributed by atoms with Crippen molar-refractivity contribution in [3.8, 4) is 17.6 Å². The maximum Gasteiger partial charge on any atom is 0.349 e. The molecule has 0 saturated heterocycles. The number of nitriles is 1. The summed E-state index contributed by atoms with van der Waals surface area (Å²) in [6.07, 6.45) is 1.44. The topological polar surface area (TPSA) is 68.5 Å². The van der Waals surface area contributed by atoms with Gasteiger partial charge in [0, 0.05) is 6.07 Å². The van der Waals surface area contributed by atoms with E-state index < -0.39 is 11.6 Å². The number of ether oxygens (including phenoxy) is 3. The predicted molar refractivity (Wildman–Crippen MR) is 79.0 cm³/mol. The molecule has 1 aromatic carbocycles. The predicted octanol–water partition coefficient (Wildman–Crippen LogP) is 2.95. The molecule has 1 rings (SSSR count). The highest BCUT2D eigenvalue weighted by atomic mass is 16.6. The molecular formula is C16H19NO4. The van der Waals surface area contributed by atoms with E-state index in [1.165, 1.54) is 20.3 Å². The van der Waals surface area contributed by atoms with Gasteiger partial charge in [0.1, 0.15) is 28.7 Å². The average molecular weight is 289 g/mol. The molecule has 0 bridgehead atoms. The van der Waals surface area contributed by atoms with Crippen molar-refractivity contribution in [2.75, 3.05) is 14.2 Å². The summed E-state index contributed by atoms with van der Waals surface area (Å²) in [7, 11) is 3.06. The molecule has 0 aromatic heterocycles. The minimum absolute atomic E-state index is 0.0831. The molecule has 0 fully saturated rings. The number of esters is 1. The molecule has 0 radical (unpaired) electrons. The van der Waals surface area contributed by atoms with Crippen LogP contribution in [-0.2, 0) is 9.53 Å². The number of carbonyl (C=O) groups is 1. The summed E-state index contributed by atoms with van der Waals surface area (Å²) in [5.41, 5.74) is -0.118. The summed E-state index contributed by atoms with van der Waals surface area (Å²) >= 11 is 0. The Morgan fingerprint density at radius 2 is 1.67 bits per heavy atom.